The number of rotatable bonds is 10. The molecule has 0 amide bonds. The largest absolute Gasteiger partial charge is 0.490 e. The number of pyridine rings is 1. The molecule has 2 aromatic carbocycles. The fourth-order valence-corrected chi connectivity index (χ4v) is 9.51. The van der Waals surface area contributed by atoms with Crippen LogP contribution in [0, 0.1) is 23.0 Å². The van der Waals surface area contributed by atoms with Crippen LogP contribution in [0.3, 0.4) is 0 Å². The van der Waals surface area contributed by atoms with Crippen LogP contribution in [-0.2, 0) is 12.7 Å². The lowest BCUT2D eigenvalue weighted by Gasteiger charge is -2.31. The Balaban J connectivity index is 0.000000581. The van der Waals surface area contributed by atoms with E-state index in [0.717, 1.165) is 50.9 Å². The van der Waals surface area contributed by atoms with Gasteiger partial charge >= 0.3 is 12.2 Å². The van der Waals surface area contributed by atoms with Crippen molar-refractivity contribution in [3.8, 4) is 29.0 Å². The molecule has 8 rings (SSSR count). The number of nitriles is 1. The number of nitrogen functional groups attached to an aromatic ring is 2. The molecule has 6 heterocycles. The minimum absolute atomic E-state index is 0.0364. The fraction of sp³-hybridized carbons (Fsp3) is 0.463. The Morgan fingerprint density at radius 2 is 1.78 bits per heavy atom. The average Bonchev–Trinajstić information content (AvgIpc) is 3.86. The van der Waals surface area contributed by atoms with E-state index in [1.54, 1.807) is 17.0 Å². The molecule has 0 saturated carbocycles. The molecule has 0 spiro atoms. The summed E-state index contributed by atoms with van der Waals surface area (Å²) in [6, 6.07) is 6.96. The van der Waals surface area contributed by atoms with Crippen LogP contribution in [0.15, 0.2) is 30.5 Å². The maximum absolute atomic E-state index is 17.3. The quantitative estimate of drug-likeness (QED) is 0.131. The first kappa shape index (κ1) is 41.1. The van der Waals surface area contributed by atoms with E-state index in [1.165, 1.54) is 32.3 Å². The number of halogens is 5. The normalized spacial score (nSPS) is 16.2. The van der Waals surface area contributed by atoms with Gasteiger partial charge in [0.25, 0.3) is 0 Å². The Labute approximate surface area is 337 Å². The van der Waals surface area contributed by atoms with Gasteiger partial charge in [-0.25, -0.2) is 13.8 Å². The molecule has 308 valence electrons. The van der Waals surface area contributed by atoms with Crippen LogP contribution in [-0.4, -0.2) is 82.8 Å². The van der Waals surface area contributed by atoms with Crippen molar-refractivity contribution in [1.29, 1.82) is 5.26 Å². The fourth-order valence-electron chi connectivity index (χ4n) is 8.56. The SMILES string of the molecule is CCCN(CC)CC.N#Cc1c(N)sc2c(F)ccc(-c3c(C(F)(F)F)c4c5c(nc(OCC67CCCN6CCC7)nc5c3F)N(Cc3cccnc3N)CCO4)c12. The maximum Gasteiger partial charge on any atom is 0.420 e. The molecule has 0 radical (unpaired) electrons. The first-order valence-electron chi connectivity index (χ1n) is 19.6. The molecule has 4 N–H and O–H groups in total. The molecule has 3 aromatic heterocycles. The Kier molecular flexibility index (Phi) is 11.8. The maximum atomic E-state index is 17.3. The Bertz CT molecular complexity index is 2350. The van der Waals surface area contributed by atoms with Gasteiger partial charge in [0, 0.05) is 29.3 Å². The van der Waals surface area contributed by atoms with Gasteiger partial charge < -0.3 is 30.7 Å². The Morgan fingerprint density at radius 3 is 2.41 bits per heavy atom. The molecular formula is C41H46F5N9O2S. The van der Waals surface area contributed by atoms with Crippen molar-refractivity contribution in [3.05, 3.63) is 58.8 Å². The minimum atomic E-state index is -5.18. The standard InChI is InChI=1S/C34H29F5N8O2S.C7H17N/c35-20-6-5-18(21-19(14-40)30(42)50-28(20)21)22-24(34(37,38)39)27-23-26(25(22)36)44-32(49-16-33-7-2-10-47(33)11-3-8-33)45-31(23)46(12-13-48-27)15-17-4-1-9-43-29(17)41;1-4-7-8(5-2)6-3/h1,4-6,9H,2-3,7-8,10-13,15-16,42H2,(H2,41,43);4-7H2,1-3H3. The highest BCUT2D eigenvalue weighted by atomic mass is 32.1. The van der Waals surface area contributed by atoms with Crippen LogP contribution in [0.25, 0.3) is 32.1 Å². The van der Waals surface area contributed by atoms with Gasteiger partial charge in [-0.1, -0.05) is 32.9 Å². The molecule has 17 heteroatoms. The summed E-state index contributed by atoms with van der Waals surface area (Å²) in [5.41, 5.74) is 8.95. The van der Waals surface area contributed by atoms with E-state index in [2.05, 4.69) is 45.5 Å². The van der Waals surface area contributed by atoms with Crippen molar-refractivity contribution < 1.29 is 31.4 Å². The summed E-state index contributed by atoms with van der Waals surface area (Å²) in [5, 5.41) is 9.24. The second-order valence-corrected chi connectivity index (χ2v) is 15.8. The first-order chi connectivity index (χ1) is 27.8. The predicted molar refractivity (Wildman–Crippen MR) is 216 cm³/mol. The molecule has 0 bridgehead atoms. The van der Waals surface area contributed by atoms with Gasteiger partial charge in [-0.3, -0.25) is 4.90 Å². The zero-order valence-corrected chi connectivity index (χ0v) is 33.5. The number of hydrogen-bond donors (Lipinski definition) is 2. The van der Waals surface area contributed by atoms with E-state index in [4.69, 9.17) is 20.9 Å². The number of hydrogen-bond acceptors (Lipinski definition) is 12. The van der Waals surface area contributed by atoms with Crippen LogP contribution >= 0.6 is 11.3 Å². The monoisotopic (exact) mass is 823 g/mol. The molecule has 3 aliphatic rings. The summed E-state index contributed by atoms with van der Waals surface area (Å²) < 4.78 is 90.2. The zero-order chi connectivity index (χ0) is 41.4. The second-order valence-electron chi connectivity index (χ2n) is 14.7. The van der Waals surface area contributed by atoms with Gasteiger partial charge in [0.15, 0.2) is 5.82 Å². The zero-order valence-electron chi connectivity index (χ0n) is 32.7. The summed E-state index contributed by atoms with van der Waals surface area (Å²) in [4.78, 5) is 19.6. The number of nitrogens with zero attached hydrogens (tertiary/aromatic N) is 7. The van der Waals surface area contributed by atoms with Crippen molar-refractivity contribution in [2.24, 2.45) is 0 Å². The number of benzene rings is 2. The van der Waals surface area contributed by atoms with Gasteiger partial charge in [-0.05, 0) is 82.5 Å². The van der Waals surface area contributed by atoms with Crippen molar-refractivity contribution in [1.82, 2.24) is 24.8 Å². The summed E-state index contributed by atoms with van der Waals surface area (Å²) in [6.07, 6.45) is 1.40. The van der Waals surface area contributed by atoms with Crippen LogP contribution in [0.4, 0.5) is 38.6 Å². The smallest absolute Gasteiger partial charge is 0.420 e. The van der Waals surface area contributed by atoms with E-state index in [-0.39, 0.29) is 81.1 Å². The summed E-state index contributed by atoms with van der Waals surface area (Å²) in [7, 11) is 0. The first-order valence-corrected chi connectivity index (χ1v) is 20.4. The van der Waals surface area contributed by atoms with E-state index in [1.807, 2.05) is 6.07 Å². The molecule has 3 aliphatic heterocycles. The summed E-state index contributed by atoms with van der Waals surface area (Å²) in [6.45, 7) is 12.2. The molecule has 5 aromatic rings. The third kappa shape index (κ3) is 7.53. The highest BCUT2D eigenvalue weighted by molar-refractivity contribution is 7.23. The Morgan fingerprint density at radius 1 is 1.03 bits per heavy atom. The molecule has 58 heavy (non-hydrogen) atoms. The number of thiophene rings is 1. The predicted octanol–water partition coefficient (Wildman–Crippen LogP) is 8.38. The highest BCUT2D eigenvalue weighted by Gasteiger charge is 2.46. The number of anilines is 3. The second kappa shape index (κ2) is 16.7. The van der Waals surface area contributed by atoms with Crippen molar-refractivity contribution in [2.45, 2.75) is 71.1 Å². The van der Waals surface area contributed by atoms with E-state index < -0.39 is 40.2 Å². The van der Waals surface area contributed by atoms with Crippen LogP contribution < -0.4 is 25.8 Å². The molecule has 2 saturated heterocycles. The van der Waals surface area contributed by atoms with Crippen LogP contribution in [0.1, 0.15) is 69.6 Å². The summed E-state index contributed by atoms with van der Waals surface area (Å²) in [5.74, 6) is -2.70. The van der Waals surface area contributed by atoms with Gasteiger partial charge in [0.05, 0.1) is 27.7 Å². The van der Waals surface area contributed by atoms with Crippen molar-refractivity contribution >= 4 is 49.0 Å². The molecular weight excluding hydrogens is 778 g/mol. The molecule has 0 aliphatic carbocycles. The Hall–Kier alpha value is -5.05. The molecule has 0 unspecified atom stereocenters. The number of aromatic nitrogens is 3. The molecule has 0 atom stereocenters. The van der Waals surface area contributed by atoms with Gasteiger partial charge in [0.2, 0.25) is 0 Å². The molecule has 11 nitrogen and oxygen atoms in total. The summed E-state index contributed by atoms with van der Waals surface area (Å²) >= 11 is 0.693. The van der Waals surface area contributed by atoms with Crippen molar-refractivity contribution in [3.63, 3.8) is 0 Å². The topological polar surface area (TPSA) is 143 Å². The number of nitrogens with two attached hydrogens (primary N) is 2. The number of fused-ring (bicyclic) bond motifs is 2. The lowest BCUT2D eigenvalue weighted by Crippen LogP contribution is -2.43. The van der Waals surface area contributed by atoms with Gasteiger partial charge in [0.1, 0.15) is 58.6 Å². The van der Waals surface area contributed by atoms with Crippen molar-refractivity contribution in [2.75, 3.05) is 68.8 Å². The minimum Gasteiger partial charge on any atom is -0.490 e. The number of ether oxygens (including phenoxy) is 2. The third-order valence-electron chi connectivity index (χ3n) is 11.4. The third-order valence-corrected chi connectivity index (χ3v) is 12.4. The lowest BCUT2D eigenvalue weighted by atomic mass is 9.91. The van der Waals surface area contributed by atoms with E-state index in [9.17, 15) is 5.26 Å². The molecule has 2 fully saturated rings. The van der Waals surface area contributed by atoms with Gasteiger partial charge in [-0.2, -0.15) is 28.4 Å². The highest BCUT2D eigenvalue weighted by Crippen LogP contribution is 2.53. The lowest BCUT2D eigenvalue weighted by molar-refractivity contribution is -0.138. The van der Waals surface area contributed by atoms with Crippen LogP contribution in [0.5, 0.6) is 11.8 Å². The average molecular weight is 824 g/mol. The van der Waals surface area contributed by atoms with Gasteiger partial charge in [-0.15, -0.1) is 11.3 Å². The number of alkyl halides is 3. The van der Waals surface area contributed by atoms with E-state index in [0.29, 0.717) is 16.9 Å². The van der Waals surface area contributed by atoms with E-state index >= 15 is 22.0 Å². The van der Waals surface area contributed by atoms with Crippen LogP contribution in [0.2, 0.25) is 0 Å².